The van der Waals surface area contributed by atoms with Crippen molar-refractivity contribution in [3.63, 3.8) is 0 Å². The monoisotopic (exact) mass is 366 g/mol. The van der Waals surface area contributed by atoms with Gasteiger partial charge in [0.05, 0.1) is 5.69 Å². The standard InChI is InChI=1S/C22H30N4O/c1-15-6-10-26(11-7-15)22-23-20-14-25(9-8-19(20)21(27)24-22)13-18-5-4-16(2)17(3)12-18/h4-5,12,15H,6-11,13-14H2,1-3H3,(H,23,24,27). The molecule has 1 fully saturated rings. The van der Waals surface area contributed by atoms with Crippen molar-refractivity contribution in [2.75, 3.05) is 24.5 Å². The zero-order valence-corrected chi connectivity index (χ0v) is 16.7. The molecule has 0 aliphatic carbocycles. The lowest BCUT2D eigenvalue weighted by Gasteiger charge is -2.32. The van der Waals surface area contributed by atoms with E-state index in [4.69, 9.17) is 4.98 Å². The van der Waals surface area contributed by atoms with Gasteiger partial charge < -0.3 is 4.90 Å². The summed E-state index contributed by atoms with van der Waals surface area (Å²) in [5, 5.41) is 0. The van der Waals surface area contributed by atoms with Crippen molar-refractivity contribution in [2.45, 2.75) is 53.1 Å². The Balaban J connectivity index is 1.52. The number of piperidine rings is 1. The predicted molar refractivity (Wildman–Crippen MR) is 109 cm³/mol. The second-order valence-electron chi connectivity index (χ2n) is 8.36. The van der Waals surface area contributed by atoms with Crippen LogP contribution in [0.2, 0.25) is 0 Å². The van der Waals surface area contributed by atoms with Crippen molar-refractivity contribution in [3.05, 3.63) is 56.5 Å². The van der Waals surface area contributed by atoms with Crippen LogP contribution in [0.15, 0.2) is 23.0 Å². The minimum Gasteiger partial charge on any atom is -0.342 e. The summed E-state index contributed by atoms with van der Waals surface area (Å²) >= 11 is 0. The molecule has 2 aliphatic heterocycles. The van der Waals surface area contributed by atoms with Crippen LogP contribution in [0.3, 0.4) is 0 Å². The van der Waals surface area contributed by atoms with Crippen LogP contribution < -0.4 is 10.5 Å². The van der Waals surface area contributed by atoms with Gasteiger partial charge in [-0.25, -0.2) is 4.98 Å². The summed E-state index contributed by atoms with van der Waals surface area (Å²) in [5.74, 6) is 1.53. The van der Waals surface area contributed by atoms with Crippen molar-refractivity contribution >= 4 is 5.95 Å². The number of aromatic nitrogens is 2. The molecule has 0 bridgehead atoms. The number of anilines is 1. The Bertz CT molecular complexity index is 880. The predicted octanol–water partition coefficient (Wildman–Crippen LogP) is 3.18. The molecule has 5 nitrogen and oxygen atoms in total. The highest BCUT2D eigenvalue weighted by molar-refractivity contribution is 5.35. The smallest absolute Gasteiger partial charge is 0.255 e. The highest BCUT2D eigenvalue weighted by Gasteiger charge is 2.24. The van der Waals surface area contributed by atoms with E-state index in [9.17, 15) is 4.79 Å². The largest absolute Gasteiger partial charge is 0.342 e. The van der Waals surface area contributed by atoms with Gasteiger partial charge >= 0.3 is 0 Å². The first-order valence-electron chi connectivity index (χ1n) is 10.1. The normalized spacial score (nSPS) is 18.6. The number of benzene rings is 1. The molecule has 0 saturated carbocycles. The molecule has 3 heterocycles. The highest BCUT2D eigenvalue weighted by Crippen LogP contribution is 2.22. The molecule has 144 valence electrons. The number of H-pyrrole nitrogens is 1. The van der Waals surface area contributed by atoms with Crippen LogP contribution in [-0.2, 0) is 19.5 Å². The molecule has 1 aromatic heterocycles. The minimum absolute atomic E-state index is 0.0550. The van der Waals surface area contributed by atoms with Gasteiger partial charge in [0.15, 0.2) is 0 Å². The third-order valence-electron chi connectivity index (χ3n) is 6.20. The van der Waals surface area contributed by atoms with Gasteiger partial charge in [-0.1, -0.05) is 25.1 Å². The van der Waals surface area contributed by atoms with Gasteiger partial charge in [0.2, 0.25) is 5.95 Å². The molecular formula is C22H30N4O. The van der Waals surface area contributed by atoms with Gasteiger partial charge in [-0.15, -0.1) is 0 Å². The number of hydrogen-bond donors (Lipinski definition) is 1. The summed E-state index contributed by atoms with van der Waals surface area (Å²) in [6, 6.07) is 6.68. The topological polar surface area (TPSA) is 52.2 Å². The maximum atomic E-state index is 12.6. The lowest BCUT2D eigenvalue weighted by atomic mass is 9.99. The number of nitrogens with zero attached hydrogens (tertiary/aromatic N) is 3. The molecule has 0 spiro atoms. The van der Waals surface area contributed by atoms with Crippen LogP contribution in [0.4, 0.5) is 5.95 Å². The fourth-order valence-corrected chi connectivity index (χ4v) is 4.15. The van der Waals surface area contributed by atoms with E-state index in [1.54, 1.807) is 0 Å². The van der Waals surface area contributed by atoms with E-state index >= 15 is 0 Å². The van der Waals surface area contributed by atoms with Crippen LogP contribution in [0.25, 0.3) is 0 Å². The maximum Gasteiger partial charge on any atom is 0.255 e. The van der Waals surface area contributed by atoms with Gasteiger partial charge in [0, 0.05) is 38.3 Å². The zero-order valence-electron chi connectivity index (χ0n) is 16.7. The highest BCUT2D eigenvalue weighted by atomic mass is 16.1. The van der Waals surface area contributed by atoms with Crippen molar-refractivity contribution < 1.29 is 0 Å². The summed E-state index contributed by atoms with van der Waals surface area (Å²) in [6.45, 7) is 11.1. The number of hydrogen-bond acceptors (Lipinski definition) is 4. The summed E-state index contributed by atoms with van der Waals surface area (Å²) in [6.07, 6.45) is 3.11. The maximum absolute atomic E-state index is 12.6. The lowest BCUT2D eigenvalue weighted by Crippen LogP contribution is -2.39. The molecule has 0 unspecified atom stereocenters. The second-order valence-corrected chi connectivity index (χ2v) is 8.36. The average molecular weight is 367 g/mol. The Morgan fingerprint density at radius 1 is 1.15 bits per heavy atom. The molecule has 27 heavy (non-hydrogen) atoms. The Labute approximate surface area is 161 Å². The number of rotatable bonds is 3. The molecule has 0 atom stereocenters. The molecule has 0 radical (unpaired) electrons. The van der Waals surface area contributed by atoms with E-state index in [-0.39, 0.29) is 5.56 Å². The molecule has 2 aromatic rings. The fraction of sp³-hybridized carbons (Fsp3) is 0.545. The lowest BCUT2D eigenvalue weighted by molar-refractivity contribution is 0.240. The summed E-state index contributed by atoms with van der Waals surface area (Å²) in [4.78, 5) is 25.2. The van der Waals surface area contributed by atoms with E-state index in [2.05, 4.69) is 53.8 Å². The van der Waals surface area contributed by atoms with Gasteiger partial charge in [-0.2, -0.15) is 0 Å². The molecule has 2 aliphatic rings. The van der Waals surface area contributed by atoms with Crippen LogP contribution in [0.1, 0.15) is 47.7 Å². The zero-order chi connectivity index (χ0) is 19.0. The number of aromatic amines is 1. The van der Waals surface area contributed by atoms with E-state index in [1.807, 2.05) is 0 Å². The molecular weight excluding hydrogens is 336 g/mol. The SMILES string of the molecule is Cc1ccc(CN2CCc3c(nc(N4CCC(C)CC4)[nH]c3=O)C2)cc1C. The average Bonchev–Trinajstić information content (AvgIpc) is 2.65. The molecule has 4 rings (SSSR count). The van der Waals surface area contributed by atoms with E-state index < -0.39 is 0 Å². The number of fused-ring (bicyclic) bond motifs is 1. The molecule has 1 aromatic carbocycles. The third kappa shape index (κ3) is 3.93. The van der Waals surface area contributed by atoms with Crippen molar-refractivity contribution in [1.29, 1.82) is 0 Å². The van der Waals surface area contributed by atoms with Crippen molar-refractivity contribution in [2.24, 2.45) is 5.92 Å². The van der Waals surface area contributed by atoms with Crippen LogP contribution in [0.5, 0.6) is 0 Å². The Morgan fingerprint density at radius 2 is 1.93 bits per heavy atom. The van der Waals surface area contributed by atoms with Crippen molar-refractivity contribution in [1.82, 2.24) is 14.9 Å². The summed E-state index contributed by atoms with van der Waals surface area (Å²) < 4.78 is 0. The van der Waals surface area contributed by atoms with Crippen LogP contribution in [-0.4, -0.2) is 34.5 Å². The second kappa shape index (κ2) is 7.47. The summed E-state index contributed by atoms with van der Waals surface area (Å²) in [7, 11) is 0. The van der Waals surface area contributed by atoms with Crippen molar-refractivity contribution in [3.8, 4) is 0 Å². The first-order valence-corrected chi connectivity index (χ1v) is 10.1. The van der Waals surface area contributed by atoms with Gasteiger partial charge in [-0.3, -0.25) is 14.7 Å². The molecule has 0 amide bonds. The Hall–Kier alpha value is -2.14. The first kappa shape index (κ1) is 18.2. The number of nitrogens with one attached hydrogen (secondary N) is 1. The molecule has 5 heteroatoms. The Kier molecular flexibility index (Phi) is 5.04. The fourth-order valence-electron chi connectivity index (χ4n) is 4.15. The first-order chi connectivity index (χ1) is 13.0. The Morgan fingerprint density at radius 3 is 2.67 bits per heavy atom. The van der Waals surface area contributed by atoms with Gasteiger partial charge in [0.1, 0.15) is 0 Å². The number of aryl methyl sites for hydroxylation is 2. The third-order valence-corrected chi connectivity index (χ3v) is 6.20. The van der Waals surface area contributed by atoms with Gasteiger partial charge in [-0.05, 0) is 55.7 Å². The quantitative estimate of drug-likeness (QED) is 0.906. The minimum atomic E-state index is 0.0550. The molecule has 1 N–H and O–H groups in total. The van der Waals surface area contributed by atoms with Crippen LogP contribution in [0, 0.1) is 19.8 Å². The van der Waals surface area contributed by atoms with E-state index in [0.29, 0.717) is 0 Å². The summed E-state index contributed by atoms with van der Waals surface area (Å²) in [5.41, 5.74) is 5.89. The van der Waals surface area contributed by atoms with E-state index in [1.165, 1.54) is 29.5 Å². The van der Waals surface area contributed by atoms with Crippen LogP contribution >= 0.6 is 0 Å². The van der Waals surface area contributed by atoms with E-state index in [0.717, 1.165) is 62.3 Å². The molecule has 1 saturated heterocycles. The van der Waals surface area contributed by atoms with Gasteiger partial charge in [0.25, 0.3) is 5.56 Å².